The highest BCUT2D eigenvalue weighted by molar-refractivity contribution is 5.91. The van der Waals surface area contributed by atoms with Crippen LogP contribution in [0.1, 0.15) is 24.1 Å². The summed E-state index contributed by atoms with van der Waals surface area (Å²) in [7, 11) is 0. The molecule has 0 atom stereocenters. The predicted octanol–water partition coefficient (Wildman–Crippen LogP) is 2.30. The summed E-state index contributed by atoms with van der Waals surface area (Å²) in [6.07, 6.45) is 7.91. The summed E-state index contributed by atoms with van der Waals surface area (Å²) in [5.41, 5.74) is 1.06. The zero-order valence-electron chi connectivity index (χ0n) is 15.7. The quantitative estimate of drug-likeness (QED) is 0.454. The normalized spacial score (nSPS) is 14.5. The second-order valence-corrected chi connectivity index (χ2v) is 6.70. The van der Waals surface area contributed by atoms with Crippen LogP contribution in [0, 0.1) is 27.4 Å². The van der Waals surface area contributed by atoms with Crippen LogP contribution in [0.15, 0.2) is 42.7 Å². The number of nitro groups is 1. The number of hydrogen-bond acceptors (Lipinski definition) is 7. The van der Waals surface area contributed by atoms with Gasteiger partial charge in [0.1, 0.15) is 6.07 Å². The first-order valence-electron chi connectivity index (χ1n) is 9.23. The molecule has 0 aliphatic carbocycles. The number of rotatable bonds is 6. The van der Waals surface area contributed by atoms with Crippen molar-refractivity contribution < 1.29 is 9.72 Å². The lowest BCUT2D eigenvalue weighted by atomic mass is 9.96. The Bertz CT molecular complexity index is 943. The molecule has 1 saturated heterocycles. The average molecular weight is 392 g/mol. The second-order valence-electron chi connectivity index (χ2n) is 6.70. The zero-order chi connectivity index (χ0) is 20.6. The highest BCUT2D eigenvalue weighted by Gasteiger charge is 2.22. The van der Waals surface area contributed by atoms with Gasteiger partial charge in [-0.15, -0.1) is 0 Å². The van der Waals surface area contributed by atoms with Crippen LogP contribution in [0.5, 0.6) is 0 Å². The van der Waals surface area contributed by atoms with Crippen molar-refractivity contribution in [2.45, 2.75) is 12.8 Å². The number of hydrogen-bond donors (Lipinski definition) is 1. The molecule has 9 heteroatoms. The first-order chi connectivity index (χ1) is 14.1. The third-order valence-corrected chi connectivity index (χ3v) is 4.79. The number of piperidine rings is 1. The van der Waals surface area contributed by atoms with Crippen LogP contribution in [0.4, 0.5) is 11.5 Å². The molecular weight excluding hydrogens is 372 g/mol. The van der Waals surface area contributed by atoms with Crippen LogP contribution < -0.4 is 10.2 Å². The van der Waals surface area contributed by atoms with Crippen molar-refractivity contribution in [1.29, 1.82) is 5.26 Å². The first kappa shape index (κ1) is 19.9. The van der Waals surface area contributed by atoms with Gasteiger partial charge in [0.25, 0.3) is 5.69 Å². The summed E-state index contributed by atoms with van der Waals surface area (Å²) in [4.78, 5) is 32.6. The first-order valence-corrected chi connectivity index (χ1v) is 9.23. The molecule has 0 spiro atoms. The third-order valence-electron chi connectivity index (χ3n) is 4.79. The van der Waals surface area contributed by atoms with Crippen LogP contribution in [0.3, 0.4) is 0 Å². The van der Waals surface area contributed by atoms with E-state index in [4.69, 9.17) is 5.26 Å². The van der Waals surface area contributed by atoms with Crippen molar-refractivity contribution in [3.05, 3.63) is 64.1 Å². The molecule has 3 rings (SSSR count). The Balaban J connectivity index is 1.44. The smallest absolute Gasteiger partial charge is 0.269 e. The number of anilines is 1. The van der Waals surface area contributed by atoms with Crippen molar-refractivity contribution >= 4 is 23.5 Å². The van der Waals surface area contributed by atoms with Gasteiger partial charge in [-0.2, -0.15) is 5.26 Å². The number of carbonyl (C=O) groups is 1. The Hall–Kier alpha value is -3.80. The maximum absolute atomic E-state index is 12.0. The fraction of sp³-hybridized carbons (Fsp3) is 0.300. The zero-order valence-corrected chi connectivity index (χ0v) is 15.7. The lowest BCUT2D eigenvalue weighted by molar-refractivity contribution is -0.384. The van der Waals surface area contributed by atoms with Crippen LogP contribution in [-0.2, 0) is 4.79 Å². The van der Waals surface area contributed by atoms with E-state index in [1.54, 1.807) is 24.4 Å². The maximum atomic E-state index is 12.0. The third kappa shape index (κ3) is 5.35. The second kappa shape index (κ2) is 9.41. The Morgan fingerprint density at radius 1 is 1.28 bits per heavy atom. The van der Waals surface area contributed by atoms with Crippen molar-refractivity contribution in [3.8, 4) is 6.07 Å². The van der Waals surface area contributed by atoms with E-state index in [1.807, 2.05) is 0 Å². The largest absolute Gasteiger partial charge is 0.354 e. The Morgan fingerprint density at radius 2 is 1.97 bits per heavy atom. The van der Waals surface area contributed by atoms with Crippen molar-refractivity contribution in [2.75, 3.05) is 24.5 Å². The van der Waals surface area contributed by atoms with Gasteiger partial charge in [-0.3, -0.25) is 14.9 Å². The molecule has 1 N–H and O–H groups in total. The van der Waals surface area contributed by atoms with E-state index in [-0.39, 0.29) is 11.6 Å². The highest BCUT2D eigenvalue weighted by Crippen LogP contribution is 2.22. The molecule has 0 radical (unpaired) electrons. The molecule has 9 nitrogen and oxygen atoms in total. The molecule has 1 aliphatic rings. The van der Waals surface area contributed by atoms with Gasteiger partial charge < -0.3 is 10.2 Å². The minimum Gasteiger partial charge on any atom is -0.354 e. The number of nitrogens with one attached hydrogen (secondary N) is 1. The molecule has 1 aliphatic heterocycles. The topological polar surface area (TPSA) is 125 Å². The summed E-state index contributed by atoms with van der Waals surface area (Å²) in [5.74, 6) is 0.764. The van der Waals surface area contributed by atoms with E-state index < -0.39 is 4.92 Å². The van der Waals surface area contributed by atoms with Crippen LogP contribution in [-0.4, -0.2) is 40.4 Å². The number of non-ortho nitro benzene ring substituents is 1. The molecular formula is C20H20N6O3. The number of carbonyl (C=O) groups excluding carboxylic acids is 1. The SMILES string of the molecule is N#Cc1nccnc1N1CCC(CNC(=O)/C=C/c2ccc([N+](=O)[O-])cc2)CC1. The van der Waals surface area contributed by atoms with E-state index in [0.29, 0.717) is 24.0 Å². The summed E-state index contributed by atoms with van der Waals surface area (Å²) in [5, 5.41) is 22.7. The number of nitro benzene ring substituents is 1. The summed E-state index contributed by atoms with van der Waals surface area (Å²) < 4.78 is 0. The van der Waals surface area contributed by atoms with Gasteiger partial charge in [0.15, 0.2) is 11.5 Å². The molecule has 1 aromatic heterocycles. The Labute approximate surface area is 167 Å². The molecule has 148 valence electrons. The highest BCUT2D eigenvalue weighted by atomic mass is 16.6. The van der Waals surface area contributed by atoms with Crippen molar-refractivity contribution in [3.63, 3.8) is 0 Å². The van der Waals surface area contributed by atoms with Gasteiger partial charge in [0, 0.05) is 50.2 Å². The van der Waals surface area contributed by atoms with Crippen molar-refractivity contribution in [2.24, 2.45) is 5.92 Å². The minimum atomic E-state index is -0.461. The van der Waals surface area contributed by atoms with Gasteiger partial charge in [-0.05, 0) is 42.5 Å². The van der Waals surface area contributed by atoms with Gasteiger partial charge in [0.2, 0.25) is 5.91 Å². The van der Waals surface area contributed by atoms with E-state index in [9.17, 15) is 14.9 Å². The van der Waals surface area contributed by atoms with Gasteiger partial charge in [0.05, 0.1) is 4.92 Å². The average Bonchev–Trinajstić information content (AvgIpc) is 2.77. The molecule has 29 heavy (non-hydrogen) atoms. The molecule has 0 unspecified atom stereocenters. The fourth-order valence-electron chi connectivity index (χ4n) is 3.17. The predicted molar refractivity (Wildman–Crippen MR) is 107 cm³/mol. The Morgan fingerprint density at radius 3 is 2.62 bits per heavy atom. The number of nitrogens with zero attached hydrogens (tertiary/aromatic N) is 5. The standard InChI is InChI=1S/C20H20N6O3/c21-13-18-20(23-10-9-22-18)25-11-7-16(8-12-25)14-24-19(27)6-3-15-1-4-17(5-2-15)26(28)29/h1-6,9-10,16H,7-8,11-12,14H2,(H,24,27)/b6-3+. The number of benzene rings is 1. The lowest BCUT2D eigenvalue weighted by Crippen LogP contribution is -2.39. The minimum absolute atomic E-state index is 0.0151. The van der Waals surface area contributed by atoms with E-state index in [0.717, 1.165) is 31.5 Å². The summed E-state index contributed by atoms with van der Waals surface area (Å²) >= 11 is 0. The van der Waals surface area contributed by atoms with Gasteiger partial charge in [-0.1, -0.05) is 0 Å². The Kier molecular flexibility index (Phi) is 6.47. The molecule has 1 fully saturated rings. The van der Waals surface area contributed by atoms with Gasteiger partial charge >= 0.3 is 0 Å². The van der Waals surface area contributed by atoms with Crippen LogP contribution >= 0.6 is 0 Å². The monoisotopic (exact) mass is 392 g/mol. The fourth-order valence-corrected chi connectivity index (χ4v) is 3.17. The molecule has 0 saturated carbocycles. The van der Waals surface area contributed by atoms with Crippen LogP contribution in [0.2, 0.25) is 0 Å². The molecule has 2 aromatic rings. The van der Waals surface area contributed by atoms with Crippen molar-refractivity contribution in [1.82, 2.24) is 15.3 Å². The van der Waals surface area contributed by atoms with Crippen LogP contribution in [0.25, 0.3) is 6.08 Å². The summed E-state index contributed by atoms with van der Waals surface area (Å²) in [6, 6.07) is 8.07. The molecule has 1 aromatic carbocycles. The van der Waals surface area contributed by atoms with E-state index >= 15 is 0 Å². The number of amides is 1. The lowest BCUT2D eigenvalue weighted by Gasteiger charge is -2.32. The maximum Gasteiger partial charge on any atom is 0.269 e. The number of aromatic nitrogens is 2. The van der Waals surface area contributed by atoms with E-state index in [1.165, 1.54) is 24.4 Å². The molecule has 1 amide bonds. The summed E-state index contributed by atoms with van der Waals surface area (Å²) in [6.45, 7) is 2.09. The van der Waals surface area contributed by atoms with E-state index in [2.05, 4.69) is 26.3 Å². The number of nitriles is 1. The van der Waals surface area contributed by atoms with Gasteiger partial charge in [-0.25, -0.2) is 9.97 Å². The molecule has 0 bridgehead atoms. The molecule has 2 heterocycles.